The molecule has 0 saturated heterocycles. The third-order valence-electron chi connectivity index (χ3n) is 4.51. The van der Waals surface area contributed by atoms with Crippen LogP contribution in [-0.4, -0.2) is 9.97 Å². The summed E-state index contributed by atoms with van der Waals surface area (Å²) in [4.78, 5) is 10.0. The second-order valence-electron chi connectivity index (χ2n) is 6.34. The highest BCUT2D eigenvalue weighted by Gasteiger charge is 2.14. The predicted molar refractivity (Wildman–Crippen MR) is 118 cm³/mol. The Kier molecular flexibility index (Phi) is 5.42. The third kappa shape index (κ3) is 3.85. The minimum absolute atomic E-state index is 0.574. The number of thiophene rings is 1. The fourth-order valence-electron chi connectivity index (χ4n) is 2.86. The second kappa shape index (κ2) is 7.80. The maximum absolute atomic E-state index is 6.14. The molecule has 0 amide bonds. The number of aryl methyl sites for hydroxylation is 2. The van der Waals surface area contributed by atoms with Gasteiger partial charge in [0.25, 0.3) is 0 Å². The number of hydrogen-bond donors (Lipinski definition) is 0. The third-order valence-corrected chi connectivity index (χ3v) is 7.20. The summed E-state index contributed by atoms with van der Waals surface area (Å²) in [6.07, 6.45) is 1.64. The highest BCUT2D eigenvalue weighted by molar-refractivity contribution is 7.98. The van der Waals surface area contributed by atoms with Gasteiger partial charge in [0, 0.05) is 16.7 Å². The normalized spacial score (nSPS) is 11.3. The van der Waals surface area contributed by atoms with E-state index >= 15 is 0 Å². The molecule has 0 radical (unpaired) electrons. The van der Waals surface area contributed by atoms with E-state index in [1.165, 1.54) is 22.3 Å². The van der Waals surface area contributed by atoms with Crippen molar-refractivity contribution in [2.75, 3.05) is 0 Å². The van der Waals surface area contributed by atoms with E-state index in [0.717, 1.165) is 26.6 Å². The summed E-state index contributed by atoms with van der Waals surface area (Å²) >= 11 is 15.5. The van der Waals surface area contributed by atoms with Gasteiger partial charge in [-0.25, -0.2) is 9.97 Å². The molecule has 0 saturated carbocycles. The summed E-state index contributed by atoms with van der Waals surface area (Å²) < 4.78 is 0. The van der Waals surface area contributed by atoms with E-state index in [1.807, 2.05) is 18.2 Å². The van der Waals surface area contributed by atoms with E-state index in [-0.39, 0.29) is 0 Å². The first-order valence-electron chi connectivity index (χ1n) is 8.39. The zero-order chi connectivity index (χ0) is 19.0. The van der Waals surface area contributed by atoms with Gasteiger partial charge in [-0.1, -0.05) is 47.5 Å². The Bertz CT molecular complexity index is 1140. The van der Waals surface area contributed by atoms with Crippen molar-refractivity contribution in [1.29, 1.82) is 0 Å². The quantitative estimate of drug-likeness (QED) is 0.246. The van der Waals surface area contributed by atoms with E-state index in [4.69, 9.17) is 23.2 Å². The summed E-state index contributed by atoms with van der Waals surface area (Å²) in [6.45, 7) is 4.27. The highest BCUT2D eigenvalue weighted by Crippen LogP contribution is 2.39. The lowest BCUT2D eigenvalue weighted by Gasteiger charge is -2.08. The van der Waals surface area contributed by atoms with Gasteiger partial charge in [-0.3, -0.25) is 0 Å². The molecule has 0 N–H and O–H groups in total. The molecule has 4 aromatic rings. The lowest BCUT2D eigenvalue weighted by Crippen LogP contribution is -1.88. The van der Waals surface area contributed by atoms with Crippen LogP contribution >= 0.6 is 46.3 Å². The van der Waals surface area contributed by atoms with Gasteiger partial charge in [0.2, 0.25) is 0 Å². The van der Waals surface area contributed by atoms with Crippen LogP contribution in [0.4, 0.5) is 0 Å². The minimum Gasteiger partial charge on any atom is -0.229 e. The molecule has 136 valence electrons. The number of rotatable bonds is 4. The van der Waals surface area contributed by atoms with Gasteiger partial charge in [-0.2, -0.15) is 0 Å². The van der Waals surface area contributed by atoms with Crippen molar-refractivity contribution in [3.05, 3.63) is 74.8 Å². The molecule has 0 bridgehead atoms. The molecule has 6 heteroatoms. The van der Waals surface area contributed by atoms with Crippen LogP contribution in [0, 0.1) is 13.8 Å². The fourth-order valence-corrected chi connectivity index (χ4v) is 5.12. The van der Waals surface area contributed by atoms with Crippen molar-refractivity contribution < 1.29 is 0 Å². The molecule has 27 heavy (non-hydrogen) atoms. The van der Waals surface area contributed by atoms with Gasteiger partial charge < -0.3 is 0 Å². The zero-order valence-electron chi connectivity index (χ0n) is 14.8. The van der Waals surface area contributed by atoms with Crippen molar-refractivity contribution in [3.8, 4) is 11.1 Å². The van der Waals surface area contributed by atoms with E-state index in [2.05, 4.69) is 47.4 Å². The van der Waals surface area contributed by atoms with Crippen LogP contribution in [0.5, 0.6) is 0 Å². The second-order valence-corrected chi connectivity index (χ2v) is 8.98. The van der Waals surface area contributed by atoms with Crippen LogP contribution in [0.25, 0.3) is 21.3 Å². The highest BCUT2D eigenvalue weighted by atomic mass is 35.5. The summed E-state index contributed by atoms with van der Waals surface area (Å²) in [7, 11) is 0. The van der Waals surface area contributed by atoms with Gasteiger partial charge >= 0.3 is 0 Å². The smallest absolute Gasteiger partial charge is 0.128 e. The molecule has 2 aromatic heterocycles. The predicted octanol–water partition coefficient (Wildman–Crippen LogP) is 7.57. The van der Waals surface area contributed by atoms with Crippen molar-refractivity contribution in [2.45, 2.75) is 24.6 Å². The maximum Gasteiger partial charge on any atom is 0.128 e. The van der Waals surface area contributed by atoms with Gasteiger partial charge in [0.1, 0.15) is 16.2 Å². The monoisotopic (exact) mass is 430 g/mol. The van der Waals surface area contributed by atoms with Crippen molar-refractivity contribution >= 4 is 56.5 Å². The first-order valence-corrected chi connectivity index (χ1v) is 11.0. The zero-order valence-corrected chi connectivity index (χ0v) is 17.9. The molecular weight excluding hydrogens is 415 g/mol. The standard InChI is InChI=1S/C21H16Cl2N2S2/c1-12-3-5-15(7-13(12)2)16-10-27-21-19(16)20(24-11-25-21)26-9-14-4-6-17(22)18(23)8-14/h3-8,10-11H,9H2,1-2H3. The Balaban J connectivity index is 1.71. The Morgan fingerprint density at radius 3 is 2.59 bits per heavy atom. The van der Waals surface area contributed by atoms with Crippen molar-refractivity contribution in [2.24, 2.45) is 0 Å². The van der Waals surface area contributed by atoms with Crippen LogP contribution < -0.4 is 0 Å². The molecule has 0 atom stereocenters. The Morgan fingerprint density at radius 1 is 0.963 bits per heavy atom. The molecule has 2 nitrogen and oxygen atoms in total. The molecule has 2 heterocycles. The maximum atomic E-state index is 6.14. The van der Waals surface area contributed by atoms with E-state index in [9.17, 15) is 0 Å². The van der Waals surface area contributed by atoms with Gasteiger partial charge in [-0.05, 0) is 48.2 Å². The first kappa shape index (κ1) is 18.8. The van der Waals surface area contributed by atoms with Crippen LogP contribution in [0.2, 0.25) is 10.0 Å². The molecule has 0 spiro atoms. The van der Waals surface area contributed by atoms with E-state index in [1.54, 1.807) is 29.4 Å². The van der Waals surface area contributed by atoms with Crippen LogP contribution in [0.15, 0.2) is 53.1 Å². The number of thioether (sulfide) groups is 1. The molecule has 2 aromatic carbocycles. The Morgan fingerprint density at radius 2 is 1.81 bits per heavy atom. The summed E-state index contributed by atoms with van der Waals surface area (Å²) in [5.41, 5.74) is 6.09. The van der Waals surface area contributed by atoms with Crippen molar-refractivity contribution in [3.63, 3.8) is 0 Å². The van der Waals surface area contributed by atoms with Gasteiger partial charge in [-0.15, -0.1) is 23.1 Å². The number of halogens is 2. The van der Waals surface area contributed by atoms with E-state index < -0.39 is 0 Å². The minimum atomic E-state index is 0.574. The van der Waals surface area contributed by atoms with Crippen LogP contribution in [-0.2, 0) is 5.75 Å². The number of nitrogens with zero attached hydrogens (tertiary/aromatic N) is 2. The molecule has 0 fully saturated rings. The van der Waals surface area contributed by atoms with Gasteiger partial charge in [0.15, 0.2) is 0 Å². The number of fused-ring (bicyclic) bond motifs is 1. The van der Waals surface area contributed by atoms with Crippen molar-refractivity contribution in [1.82, 2.24) is 9.97 Å². The summed E-state index contributed by atoms with van der Waals surface area (Å²) in [5, 5.41) is 5.43. The average Bonchev–Trinajstić information content (AvgIpc) is 3.10. The van der Waals surface area contributed by atoms with E-state index in [0.29, 0.717) is 10.0 Å². The van der Waals surface area contributed by atoms with Crippen LogP contribution in [0.3, 0.4) is 0 Å². The van der Waals surface area contributed by atoms with Crippen LogP contribution in [0.1, 0.15) is 16.7 Å². The summed E-state index contributed by atoms with van der Waals surface area (Å²) in [6, 6.07) is 12.3. The largest absolute Gasteiger partial charge is 0.229 e. The Labute approximate surface area is 176 Å². The molecule has 0 unspecified atom stereocenters. The number of aromatic nitrogens is 2. The lowest BCUT2D eigenvalue weighted by molar-refractivity contribution is 1.11. The number of hydrogen-bond acceptors (Lipinski definition) is 4. The number of benzene rings is 2. The summed E-state index contributed by atoms with van der Waals surface area (Å²) in [5.74, 6) is 0.769. The Hall–Kier alpha value is -1.59. The molecular formula is C21H16Cl2N2S2. The lowest BCUT2D eigenvalue weighted by atomic mass is 10.0. The SMILES string of the molecule is Cc1ccc(-c2csc3ncnc(SCc4ccc(Cl)c(Cl)c4)c23)cc1C. The first-order chi connectivity index (χ1) is 13.0. The topological polar surface area (TPSA) is 25.8 Å². The average molecular weight is 431 g/mol. The molecule has 0 aliphatic heterocycles. The van der Waals surface area contributed by atoms with Gasteiger partial charge in [0.05, 0.1) is 15.4 Å². The molecule has 0 aliphatic rings. The molecule has 0 aliphatic carbocycles. The fraction of sp³-hybridized carbons (Fsp3) is 0.143. The molecule has 4 rings (SSSR count).